The van der Waals surface area contributed by atoms with Gasteiger partial charge in [0.1, 0.15) is 0 Å². The molecule has 6 heteroatoms. The molecular weight excluding hydrogens is 362 g/mol. The van der Waals surface area contributed by atoms with Crippen molar-refractivity contribution in [1.82, 2.24) is 20.5 Å². The number of hydrogen-bond donors (Lipinski definition) is 2. The highest BCUT2D eigenvalue weighted by molar-refractivity contribution is 5.92. The third-order valence-corrected chi connectivity index (χ3v) is 4.68. The van der Waals surface area contributed by atoms with Crippen molar-refractivity contribution in [2.45, 2.75) is 46.1 Å². The second-order valence-electron chi connectivity index (χ2n) is 7.55. The summed E-state index contributed by atoms with van der Waals surface area (Å²) < 4.78 is 0. The summed E-state index contributed by atoms with van der Waals surface area (Å²) >= 11 is 0. The SMILES string of the molecule is CC(C)c1cccc(C(C)C)c1Nc1ccc(C(=O)NCc2ccccn2)nn1. The first-order valence-corrected chi connectivity index (χ1v) is 9.87. The number of nitrogens with one attached hydrogen (secondary N) is 2. The van der Waals surface area contributed by atoms with E-state index in [2.05, 4.69) is 71.7 Å². The highest BCUT2D eigenvalue weighted by Gasteiger charge is 2.15. The molecule has 2 aromatic heterocycles. The Morgan fingerprint density at radius 2 is 1.62 bits per heavy atom. The zero-order valence-corrected chi connectivity index (χ0v) is 17.3. The summed E-state index contributed by atoms with van der Waals surface area (Å²) in [4.78, 5) is 16.5. The van der Waals surface area contributed by atoms with E-state index in [1.165, 1.54) is 11.1 Å². The standard InChI is InChI=1S/C23H27N5O/c1-15(2)18-9-7-10-19(16(3)4)22(18)26-21-12-11-20(27-28-21)23(29)25-14-17-8-5-6-13-24-17/h5-13,15-16H,14H2,1-4H3,(H,25,29)(H,26,28). The van der Waals surface area contributed by atoms with Crippen molar-refractivity contribution in [2.75, 3.05) is 5.32 Å². The summed E-state index contributed by atoms with van der Waals surface area (Å²) in [6, 6.07) is 15.4. The van der Waals surface area contributed by atoms with Gasteiger partial charge in [0.2, 0.25) is 0 Å². The Balaban J connectivity index is 1.73. The Kier molecular flexibility index (Phi) is 6.54. The Bertz CT molecular complexity index is 927. The molecule has 1 amide bonds. The summed E-state index contributed by atoms with van der Waals surface area (Å²) in [6.07, 6.45) is 1.70. The molecule has 0 radical (unpaired) electrons. The van der Waals surface area contributed by atoms with E-state index >= 15 is 0 Å². The molecule has 6 nitrogen and oxygen atoms in total. The molecule has 0 saturated carbocycles. The zero-order chi connectivity index (χ0) is 20.8. The lowest BCUT2D eigenvalue weighted by Gasteiger charge is -2.20. The Labute approximate surface area is 171 Å². The van der Waals surface area contributed by atoms with Crippen LogP contribution >= 0.6 is 0 Å². The highest BCUT2D eigenvalue weighted by atomic mass is 16.1. The molecular formula is C23H27N5O. The molecule has 2 heterocycles. The van der Waals surface area contributed by atoms with E-state index in [1.54, 1.807) is 18.3 Å². The third-order valence-electron chi connectivity index (χ3n) is 4.68. The van der Waals surface area contributed by atoms with Crippen molar-refractivity contribution in [3.8, 4) is 0 Å². The Hall–Kier alpha value is -3.28. The third kappa shape index (κ3) is 5.16. The lowest BCUT2D eigenvalue weighted by atomic mass is 9.92. The van der Waals surface area contributed by atoms with Crippen LogP contribution in [0.4, 0.5) is 11.5 Å². The van der Waals surface area contributed by atoms with E-state index in [0.717, 1.165) is 11.4 Å². The van der Waals surface area contributed by atoms with E-state index < -0.39 is 0 Å². The molecule has 0 unspecified atom stereocenters. The minimum atomic E-state index is -0.278. The topological polar surface area (TPSA) is 79.8 Å². The smallest absolute Gasteiger partial charge is 0.272 e. The van der Waals surface area contributed by atoms with Crippen LogP contribution in [0.25, 0.3) is 0 Å². The molecule has 1 aromatic carbocycles. The number of hydrogen-bond acceptors (Lipinski definition) is 5. The van der Waals surface area contributed by atoms with Crippen molar-refractivity contribution in [1.29, 1.82) is 0 Å². The van der Waals surface area contributed by atoms with Gasteiger partial charge in [0.15, 0.2) is 11.5 Å². The monoisotopic (exact) mass is 389 g/mol. The molecule has 150 valence electrons. The average molecular weight is 390 g/mol. The lowest BCUT2D eigenvalue weighted by Crippen LogP contribution is -2.24. The van der Waals surface area contributed by atoms with Crippen molar-refractivity contribution >= 4 is 17.4 Å². The van der Waals surface area contributed by atoms with Crippen molar-refractivity contribution in [3.05, 3.63) is 77.2 Å². The molecule has 0 spiro atoms. The maximum absolute atomic E-state index is 12.3. The molecule has 0 saturated heterocycles. The molecule has 0 atom stereocenters. The molecule has 3 aromatic rings. The summed E-state index contributed by atoms with van der Waals surface area (Å²) in [5.74, 6) is 1.09. The van der Waals surface area contributed by atoms with E-state index in [4.69, 9.17) is 0 Å². The van der Waals surface area contributed by atoms with Gasteiger partial charge in [0, 0.05) is 11.9 Å². The summed E-state index contributed by atoms with van der Waals surface area (Å²) in [7, 11) is 0. The van der Waals surface area contributed by atoms with Crippen LogP contribution in [0.1, 0.15) is 66.8 Å². The summed E-state index contributed by atoms with van der Waals surface area (Å²) in [6.45, 7) is 9.04. The predicted molar refractivity (Wildman–Crippen MR) is 115 cm³/mol. The van der Waals surface area contributed by atoms with Crippen LogP contribution in [-0.2, 0) is 6.54 Å². The number of carbonyl (C=O) groups is 1. The normalized spacial score (nSPS) is 11.0. The second kappa shape index (κ2) is 9.28. The fourth-order valence-corrected chi connectivity index (χ4v) is 3.11. The first kappa shape index (κ1) is 20.5. The molecule has 29 heavy (non-hydrogen) atoms. The maximum Gasteiger partial charge on any atom is 0.272 e. The van der Waals surface area contributed by atoms with Gasteiger partial charge >= 0.3 is 0 Å². The molecule has 0 fully saturated rings. The minimum absolute atomic E-state index is 0.271. The molecule has 0 aliphatic heterocycles. The van der Waals surface area contributed by atoms with Crippen LogP contribution in [0.2, 0.25) is 0 Å². The van der Waals surface area contributed by atoms with Crippen LogP contribution in [-0.4, -0.2) is 21.1 Å². The molecule has 0 bridgehead atoms. The molecule has 0 aliphatic rings. The summed E-state index contributed by atoms with van der Waals surface area (Å²) in [5.41, 5.74) is 4.59. The van der Waals surface area contributed by atoms with E-state index in [0.29, 0.717) is 24.2 Å². The van der Waals surface area contributed by atoms with E-state index in [-0.39, 0.29) is 11.6 Å². The van der Waals surface area contributed by atoms with Gasteiger partial charge in [-0.05, 0) is 47.2 Å². The maximum atomic E-state index is 12.3. The molecule has 2 N–H and O–H groups in total. The zero-order valence-electron chi connectivity index (χ0n) is 17.3. The number of anilines is 2. The average Bonchev–Trinajstić information content (AvgIpc) is 2.73. The van der Waals surface area contributed by atoms with Gasteiger partial charge in [0.05, 0.1) is 12.2 Å². The second-order valence-corrected chi connectivity index (χ2v) is 7.55. The number of para-hydroxylation sites is 1. The Morgan fingerprint density at radius 3 is 2.17 bits per heavy atom. The number of aromatic nitrogens is 3. The van der Waals surface area contributed by atoms with Crippen molar-refractivity contribution in [2.24, 2.45) is 0 Å². The number of benzene rings is 1. The van der Waals surface area contributed by atoms with Crippen LogP contribution in [0.15, 0.2) is 54.7 Å². The fraction of sp³-hybridized carbons (Fsp3) is 0.304. The van der Waals surface area contributed by atoms with E-state index in [1.807, 2.05) is 18.2 Å². The quantitative estimate of drug-likeness (QED) is 0.607. The van der Waals surface area contributed by atoms with Gasteiger partial charge < -0.3 is 10.6 Å². The highest BCUT2D eigenvalue weighted by Crippen LogP contribution is 2.33. The minimum Gasteiger partial charge on any atom is -0.345 e. The molecule has 3 rings (SSSR count). The van der Waals surface area contributed by atoms with Crippen molar-refractivity contribution < 1.29 is 4.79 Å². The van der Waals surface area contributed by atoms with Gasteiger partial charge in [-0.25, -0.2) is 0 Å². The van der Waals surface area contributed by atoms with Gasteiger partial charge in [0.25, 0.3) is 5.91 Å². The summed E-state index contributed by atoms with van der Waals surface area (Å²) in [5, 5.41) is 14.5. The van der Waals surface area contributed by atoms with Gasteiger partial charge in [-0.2, -0.15) is 0 Å². The first-order valence-electron chi connectivity index (χ1n) is 9.87. The van der Waals surface area contributed by atoms with Gasteiger partial charge in [-0.3, -0.25) is 9.78 Å². The number of rotatable bonds is 7. The number of pyridine rings is 1. The van der Waals surface area contributed by atoms with Crippen LogP contribution < -0.4 is 10.6 Å². The largest absolute Gasteiger partial charge is 0.345 e. The lowest BCUT2D eigenvalue weighted by molar-refractivity contribution is 0.0944. The van der Waals surface area contributed by atoms with Gasteiger partial charge in [-0.15, -0.1) is 10.2 Å². The number of nitrogens with zero attached hydrogens (tertiary/aromatic N) is 3. The number of carbonyl (C=O) groups excluding carboxylic acids is 1. The van der Waals surface area contributed by atoms with Crippen LogP contribution in [0.3, 0.4) is 0 Å². The predicted octanol–water partition coefficient (Wildman–Crippen LogP) is 4.79. The van der Waals surface area contributed by atoms with E-state index in [9.17, 15) is 4.79 Å². The first-order chi connectivity index (χ1) is 14.0. The fourth-order valence-electron chi connectivity index (χ4n) is 3.11. The van der Waals surface area contributed by atoms with Crippen LogP contribution in [0, 0.1) is 0 Å². The molecule has 0 aliphatic carbocycles. The number of amides is 1. The Morgan fingerprint density at radius 1 is 0.897 bits per heavy atom. The van der Waals surface area contributed by atoms with Gasteiger partial charge in [-0.1, -0.05) is 52.0 Å². The van der Waals surface area contributed by atoms with Crippen molar-refractivity contribution in [3.63, 3.8) is 0 Å². The van der Waals surface area contributed by atoms with Crippen LogP contribution in [0.5, 0.6) is 0 Å².